The van der Waals surface area contributed by atoms with Gasteiger partial charge in [0.25, 0.3) is 11.8 Å². The van der Waals surface area contributed by atoms with Crippen molar-refractivity contribution in [3.8, 4) is 0 Å². The van der Waals surface area contributed by atoms with Gasteiger partial charge in [-0.3, -0.25) is 28.9 Å². The number of aromatic nitrogens is 2. The van der Waals surface area contributed by atoms with E-state index in [1.807, 2.05) is 29.3 Å². The zero-order valence-electron chi connectivity index (χ0n) is 22.5. The van der Waals surface area contributed by atoms with E-state index in [2.05, 4.69) is 21.0 Å². The molecule has 13 heteroatoms. The number of nitrogens with zero attached hydrogens (tertiary/aromatic N) is 4. The SMILES string of the molecule is C[C@H](CC(=O)Nc1cc(NC(=O)c2cccc(F)c2F)nn1C)C(=O)N[C@@H]1C(=O)N2CCCN2Cc2ccccc21. The summed E-state index contributed by atoms with van der Waals surface area (Å²) in [5.74, 6) is -5.06. The monoisotopic (exact) mass is 565 g/mol. The number of halogens is 2. The van der Waals surface area contributed by atoms with Crippen LogP contribution in [0.4, 0.5) is 20.4 Å². The molecule has 1 aromatic heterocycles. The Labute approximate surface area is 234 Å². The van der Waals surface area contributed by atoms with Crippen molar-refractivity contribution in [2.45, 2.75) is 32.4 Å². The van der Waals surface area contributed by atoms with Gasteiger partial charge in [0.05, 0.1) is 5.56 Å². The number of aryl methyl sites for hydroxylation is 1. The number of hydrogen-bond donors (Lipinski definition) is 3. The standard InChI is InChI=1S/C28H29F2N7O4/c1-16(26(39)33-25-18-8-4-3-7-17(18)15-36-11-6-12-37(36)28(25)41)13-23(38)32-22-14-21(34-35(22)2)31-27(40)19-9-5-10-20(29)24(19)30/h3-5,7-10,14,16,25H,6,11-13,15H2,1-2H3,(H,32,38)(H,33,39)(H,31,34,40)/t16-,25+/m1/s1. The van der Waals surface area contributed by atoms with Gasteiger partial charge in [-0.25, -0.2) is 13.8 Å². The van der Waals surface area contributed by atoms with Crippen molar-refractivity contribution in [2.75, 3.05) is 23.7 Å². The number of amides is 4. The fourth-order valence-electron chi connectivity index (χ4n) is 5.01. The van der Waals surface area contributed by atoms with Crippen molar-refractivity contribution in [1.82, 2.24) is 25.1 Å². The van der Waals surface area contributed by atoms with E-state index >= 15 is 0 Å². The molecule has 1 saturated heterocycles. The van der Waals surface area contributed by atoms with Crippen molar-refractivity contribution >= 4 is 35.3 Å². The molecule has 2 aliphatic rings. The predicted molar refractivity (Wildman–Crippen MR) is 144 cm³/mol. The third-order valence-electron chi connectivity index (χ3n) is 7.16. The lowest BCUT2D eigenvalue weighted by Gasteiger charge is -2.28. The van der Waals surface area contributed by atoms with Crippen LogP contribution in [0.1, 0.15) is 47.3 Å². The van der Waals surface area contributed by atoms with Crippen LogP contribution in [-0.2, 0) is 28.0 Å². The van der Waals surface area contributed by atoms with Gasteiger partial charge in [-0.1, -0.05) is 37.3 Å². The van der Waals surface area contributed by atoms with Crippen LogP contribution in [0.15, 0.2) is 48.5 Å². The number of benzene rings is 2. The molecule has 0 unspecified atom stereocenters. The molecule has 2 aromatic carbocycles. The molecule has 4 amide bonds. The van der Waals surface area contributed by atoms with Crippen LogP contribution in [0.2, 0.25) is 0 Å². The maximum absolute atomic E-state index is 13.9. The Morgan fingerprint density at radius 3 is 2.66 bits per heavy atom. The Hall–Kier alpha value is -4.65. The molecule has 1 fully saturated rings. The van der Waals surface area contributed by atoms with Crippen LogP contribution in [0.25, 0.3) is 0 Å². The zero-order valence-corrected chi connectivity index (χ0v) is 22.5. The lowest BCUT2D eigenvalue weighted by molar-refractivity contribution is -0.148. The largest absolute Gasteiger partial charge is 0.340 e. The highest BCUT2D eigenvalue weighted by Crippen LogP contribution is 2.30. The van der Waals surface area contributed by atoms with Crippen LogP contribution in [0.3, 0.4) is 0 Å². The fraction of sp³-hybridized carbons (Fsp3) is 0.321. The van der Waals surface area contributed by atoms with Crippen molar-refractivity contribution in [3.05, 3.63) is 76.9 Å². The van der Waals surface area contributed by atoms with E-state index in [9.17, 15) is 28.0 Å². The Morgan fingerprint density at radius 2 is 1.85 bits per heavy atom. The third-order valence-corrected chi connectivity index (χ3v) is 7.16. The molecule has 5 rings (SSSR count). The maximum Gasteiger partial charge on any atom is 0.264 e. The average Bonchev–Trinajstić information content (AvgIpc) is 3.51. The second kappa shape index (κ2) is 11.5. The molecular weight excluding hydrogens is 536 g/mol. The van der Waals surface area contributed by atoms with Gasteiger partial charge in [-0.15, -0.1) is 0 Å². The molecule has 0 aliphatic carbocycles. The Kier molecular flexibility index (Phi) is 7.79. The van der Waals surface area contributed by atoms with E-state index in [1.165, 1.54) is 23.9 Å². The number of fused-ring (bicyclic) bond motifs is 2. The predicted octanol–water partition coefficient (Wildman–Crippen LogP) is 2.74. The number of rotatable bonds is 7. The topological polar surface area (TPSA) is 129 Å². The summed E-state index contributed by atoms with van der Waals surface area (Å²) in [7, 11) is 1.51. The first-order valence-corrected chi connectivity index (χ1v) is 13.2. The first-order chi connectivity index (χ1) is 19.6. The van der Waals surface area contributed by atoms with Gasteiger partial charge >= 0.3 is 0 Å². The second-order valence-electron chi connectivity index (χ2n) is 10.1. The van der Waals surface area contributed by atoms with Gasteiger partial charge < -0.3 is 16.0 Å². The quantitative estimate of drug-likeness (QED) is 0.404. The van der Waals surface area contributed by atoms with Crippen molar-refractivity contribution in [3.63, 3.8) is 0 Å². The number of anilines is 2. The molecule has 2 atom stereocenters. The van der Waals surface area contributed by atoms with Gasteiger partial charge in [0, 0.05) is 45.1 Å². The van der Waals surface area contributed by atoms with E-state index in [0.29, 0.717) is 13.1 Å². The molecule has 0 bridgehead atoms. The van der Waals surface area contributed by atoms with E-state index < -0.39 is 46.9 Å². The molecule has 11 nitrogen and oxygen atoms in total. The minimum Gasteiger partial charge on any atom is -0.340 e. The highest BCUT2D eigenvalue weighted by molar-refractivity contribution is 6.04. The highest BCUT2D eigenvalue weighted by Gasteiger charge is 2.38. The molecule has 3 aromatic rings. The molecule has 214 valence electrons. The number of hydrazine groups is 1. The van der Waals surface area contributed by atoms with Crippen LogP contribution in [0.5, 0.6) is 0 Å². The van der Waals surface area contributed by atoms with Gasteiger partial charge in [0.2, 0.25) is 11.8 Å². The number of carbonyl (C=O) groups is 4. The summed E-state index contributed by atoms with van der Waals surface area (Å²) < 4.78 is 28.7. The average molecular weight is 566 g/mol. The summed E-state index contributed by atoms with van der Waals surface area (Å²) >= 11 is 0. The molecule has 0 radical (unpaired) electrons. The lowest BCUT2D eigenvalue weighted by atomic mass is 9.98. The van der Waals surface area contributed by atoms with Crippen molar-refractivity contribution in [2.24, 2.45) is 13.0 Å². The van der Waals surface area contributed by atoms with Gasteiger partial charge in [-0.05, 0) is 29.7 Å². The van der Waals surface area contributed by atoms with Crippen LogP contribution >= 0.6 is 0 Å². The zero-order chi connectivity index (χ0) is 29.3. The van der Waals surface area contributed by atoms with Crippen molar-refractivity contribution in [1.29, 1.82) is 0 Å². The molecular formula is C28H29F2N7O4. The first-order valence-electron chi connectivity index (χ1n) is 13.2. The highest BCUT2D eigenvalue weighted by atomic mass is 19.2. The summed E-state index contributed by atoms with van der Waals surface area (Å²) in [5, 5.41) is 15.6. The van der Waals surface area contributed by atoms with Gasteiger partial charge in [0.15, 0.2) is 17.5 Å². The Morgan fingerprint density at radius 1 is 1.07 bits per heavy atom. The molecule has 41 heavy (non-hydrogen) atoms. The number of nitrogens with one attached hydrogen (secondary N) is 3. The van der Waals surface area contributed by atoms with Crippen LogP contribution in [0, 0.1) is 17.6 Å². The molecule has 0 saturated carbocycles. The van der Waals surface area contributed by atoms with Crippen LogP contribution < -0.4 is 16.0 Å². The smallest absolute Gasteiger partial charge is 0.264 e. The minimum atomic E-state index is -1.28. The summed E-state index contributed by atoms with van der Waals surface area (Å²) in [6, 6.07) is 11.2. The minimum absolute atomic E-state index is 0.00347. The lowest BCUT2D eigenvalue weighted by Crippen LogP contribution is -2.46. The summed E-state index contributed by atoms with van der Waals surface area (Å²) in [4.78, 5) is 51.7. The van der Waals surface area contributed by atoms with E-state index in [4.69, 9.17) is 0 Å². The van der Waals surface area contributed by atoms with Crippen molar-refractivity contribution < 1.29 is 28.0 Å². The molecule has 0 spiro atoms. The van der Waals surface area contributed by atoms with E-state index in [-0.39, 0.29) is 24.0 Å². The van der Waals surface area contributed by atoms with Crippen LogP contribution in [-0.4, -0.2) is 56.5 Å². The van der Waals surface area contributed by atoms with Gasteiger partial charge in [-0.2, -0.15) is 5.10 Å². The first kappa shape index (κ1) is 27.9. The van der Waals surface area contributed by atoms with Gasteiger partial charge in [0.1, 0.15) is 11.9 Å². The summed E-state index contributed by atoms with van der Waals surface area (Å²) in [6.07, 6.45) is 0.665. The Bertz CT molecular complexity index is 1520. The number of carbonyl (C=O) groups excluding carboxylic acids is 4. The molecule has 3 heterocycles. The second-order valence-corrected chi connectivity index (χ2v) is 10.1. The summed E-state index contributed by atoms with van der Waals surface area (Å²) in [6.45, 7) is 3.52. The molecule has 3 N–H and O–H groups in total. The van der Waals surface area contributed by atoms with E-state index in [0.717, 1.165) is 36.2 Å². The summed E-state index contributed by atoms with van der Waals surface area (Å²) in [5.41, 5.74) is 1.20. The maximum atomic E-state index is 13.9. The molecule has 2 aliphatic heterocycles. The van der Waals surface area contributed by atoms with E-state index in [1.54, 1.807) is 11.9 Å². The fourth-order valence-corrected chi connectivity index (χ4v) is 5.01. The number of hydrogen-bond acceptors (Lipinski definition) is 6. The Balaban J connectivity index is 1.21. The normalized spacial score (nSPS) is 17.3. The third kappa shape index (κ3) is 5.80.